The Morgan fingerprint density at radius 1 is 0.917 bits per heavy atom. The molecule has 4 aromatic carbocycles. The van der Waals surface area contributed by atoms with Gasteiger partial charge in [-0.3, -0.25) is 9.59 Å². The van der Waals surface area contributed by atoms with Gasteiger partial charge < -0.3 is 29.1 Å². The van der Waals surface area contributed by atoms with E-state index in [4.69, 9.17) is 23.6 Å². The van der Waals surface area contributed by atoms with Crippen LogP contribution in [0.15, 0.2) is 119 Å². The molecule has 0 radical (unpaired) electrons. The number of carbonyl (C=O) groups is 2. The molecule has 1 aliphatic heterocycles. The molecule has 5 aromatic rings. The Labute approximate surface area is 283 Å². The quantitative estimate of drug-likeness (QED) is 0.108. The zero-order valence-corrected chi connectivity index (χ0v) is 27.4. The van der Waals surface area contributed by atoms with E-state index in [-0.39, 0.29) is 18.8 Å². The Morgan fingerprint density at radius 3 is 2.31 bits per heavy atom. The molecule has 10 heteroatoms. The molecule has 2 heterocycles. The minimum Gasteiger partial charge on any atom is -0.453 e. The SMILES string of the molecule is CC(=O)O[C@@H](C)C(=O)Nc1cccc(C2O[C@H](CSc3nc(-c4ccccc4)c(-c4ccccc4)o3)C[C@H](c3ccc(CO)cc3)O2)c1. The molecular weight excluding hydrogens is 628 g/mol. The first kappa shape index (κ1) is 33.2. The zero-order chi connectivity index (χ0) is 33.5. The van der Waals surface area contributed by atoms with Gasteiger partial charge in [0.05, 0.1) is 18.8 Å². The van der Waals surface area contributed by atoms with Gasteiger partial charge in [-0.05, 0) is 30.2 Å². The second kappa shape index (κ2) is 15.4. The molecule has 2 N–H and O–H groups in total. The number of aromatic nitrogens is 1. The first-order valence-corrected chi connectivity index (χ1v) is 16.7. The number of hydrogen-bond donors (Lipinski definition) is 2. The van der Waals surface area contributed by atoms with Gasteiger partial charge in [-0.2, -0.15) is 0 Å². The largest absolute Gasteiger partial charge is 0.453 e. The molecule has 0 aliphatic carbocycles. The summed E-state index contributed by atoms with van der Waals surface area (Å²) >= 11 is 1.48. The molecule has 1 aromatic heterocycles. The van der Waals surface area contributed by atoms with E-state index in [1.807, 2.05) is 91.0 Å². The van der Waals surface area contributed by atoms with Gasteiger partial charge >= 0.3 is 5.97 Å². The Hall–Kier alpha value is -4.74. The van der Waals surface area contributed by atoms with Crippen molar-refractivity contribution in [1.29, 1.82) is 0 Å². The van der Waals surface area contributed by atoms with Crippen molar-refractivity contribution in [1.82, 2.24) is 4.98 Å². The molecule has 1 unspecified atom stereocenters. The van der Waals surface area contributed by atoms with E-state index in [9.17, 15) is 14.7 Å². The fourth-order valence-electron chi connectivity index (χ4n) is 5.44. The number of oxazole rings is 1. The van der Waals surface area contributed by atoms with Crippen LogP contribution in [0.25, 0.3) is 22.6 Å². The van der Waals surface area contributed by atoms with Crippen molar-refractivity contribution in [2.24, 2.45) is 0 Å². The molecule has 0 spiro atoms. The summed E-state index contributed by atoms with van der Waals surface area (Å²) < 4.78 is 24.4. The van der Waals surface area contributed by atoms with Gasteiger partial charge in [-0.15, -0.1) is 0 Å². The number of ether oxygens (including phenoxy) is 3. The average Bonchev–Trinajstić information content (AvgIpc) is 3.56. The van der Waals surface area contributed by atoms with E-state index in [0.717, 1.165) is 27.9 Å². The lowest BCUT2D eigenvalue weighted by Crippen LogP contribution is -2.31. The number of anilines is 1. The summed E-state index contributed by atoms with van der Waals surface area (Å²) in [4.78, 5) is 28.8. The summed E-state index contributed by atoms with van der Waals surface area (Å²) in [6, 6.07) is 34.8. The van der Waals surface area contributed by atoms with Crippen molar-refractivity contribution >= 4 is 29.3 Å². The molecule has 1 fully saturated rings. The monoisotopic (exact) mass is 664 g/mol. The Morgan fingerprint density at radius 2 is 1.62 bits per heavy atom. The number of nitrogens with zero attached hydrogens (tertiary/aromatic N) is 1. The third-order valence-electron chi connectivity index (χ3n) is 7.84. The van der Waals surface area contributed by atoms with Crippen LogP contribution in [-0.2, 0) is 30.4 Å². The van der Waals surface area contributed by atoms with Crippen LogP contribution in [0.2, 0.25) is 0 Å². The number of carbonyl (C=O) groups excluding carboxylic acids is 2. The third-order valence-corrected chi connectivity index (χ3v) is 8.80. The summed E-state index contributed by atoms with van der Waals surface area (Å²) in [6.07, 6.45) is -1.64. The lowest BCUT2D eigenvalue weighted by Gasteiger charge is -2.36. The van der Waals surface area contributed by atoms with Crippen LogP contribution in [0, 0.1) is 0 Å². The maximum absolute atomic E-state index is 12.6. The van der Waals surface area contributed by atoms with Crippen LogP contribution in [0.5, 0.6) is 0 Å². The number of aliphatic hydroxyl groups excluding tert-OH is 1. The second-order valence-corrected chi connectivity index (χ2v) is 12.4. The molecule has 6 rings (SSSR count). The molecular formula is C38H36N2O7S. The van der Waals surface area contributed by atoms with E-state index < -0.39 is 24.3 Å². The van der Waals surface area contributed by atoms with Crippen LogP contribution in [0.3, 0.4) is 0 Å². The summed E-state index contributed by atoms with van der Waals surface area (Å²) in [7, 11) is 0. The van der Waals surface area contributed by atoms with Crippen LogP contribution < -0.4 is 5.32 Å². The number of amides is 1. The predicted molar refractivity (Wildman–Crippen MR) is 183 cm³/mol. The maximum Gasteiger partial charge on any atom is 0.303 e. The molecule has 4 atom stereocenters. The van der Waals surface area contributed by atoms with Crippen LogP contribution in [0.4, 0.5) is 5.69 Å². The van der Waals surface area contributed by atoms with E-state index in [1.54, 1.807) is 18.2 Å². The normalized spacial score (nSPS) is 18.2. The second-order valence-electron chi connectivity index (χ2n) is 11.4. The lowest BCUT2D eigenvalue weighted by atomic mass is 10.0. The fraction of sp³-hybridized carbons (Fsp3) is 0.237. The highest BCUT2D eigenvalue weighted by molar-refractivity contribution is 7.99. The summed E-state index contributed by atoms with van der Waals surface area (Å²) in [5.74, 6) is 0.276. The minimum absolute atomic E-state index is 0.0442. The standard InChI is InChI=1S/C38H36N2O7S/c1-24(44-25(2)42)36(43)39-31-15-9-14-30(20-31)37-45-32(21-33(46-37)27-18-16-26(22-41)17-19-27)23-48-38-40-34(28-10-5-3-6-11-28)35(47-38)29-12-7-4-8-13-29/h3-20,24,32-33,37,41H,21-23H2,1-2H3,(H,39,43)/t24-,32-,33+,37?/m0/s1. The summed E-state index contributed by atoms with van der Waals surface area (Å²) in [6.45, 7) is 2.73. The van der Waals surface area contributed by atoms with E-state index >= 15 is 0 Å². The van der Waals surface area contributed by atoms with E-state index in [1.165, 1.54) is 25.6 Å². The predicted octanol–water partition coefficient (Wildman–Crippen LogP) is 7.73. The van der Waals surface area contributed by atoms with Gasteiger partial charge in [-0.1, -0.05) is 109 Å². The van der Waals surface area contributed by atoms with Gasteiger partial charge in [0.15, 0.2) is 18.2 Å². The lowest BCUT2D eigenvalue weighted by molar-refractivity contribution is -0.245. The van der Waals surface area contributed by atoms with Crippen molar-refractivity contribution in [2.45, 2.75) is 56.7 Å². The first-order chi connectivity index (χ1) is 23.4. The van der Waals surface area contributed by atoms with Crippen molar-refractivity contribution < 1.29 is 33.3 Å². The van der Waals surface area contributed by atoms with Gasteiger partial charge in [-0.25, -0.2) is 4.98 Å². The number of hydrogen-bond acceptors (Lipinski definition) is 9. The van der Waals surface area contributed by atoms with Crippen LogP contribution in [0.1, 0.15) is 49.4 Å². The number of aliphatic hydroxyl groups is 1. The highest BCUT2D eigenvalue weighted by Gasteiger charge is 2.33. The van der Waals surface area contributed by atoms with E-state index in [0.29, 0.717) is 34.4 Å². The Kier molecular flexibility index (Phi) is 10.7. The highest BCUT2D eigenvalue weighted by atomic mass is 32.2. The molecule has 9 nitrogen and oxygen atoms in total. The highest BCUT2D eigenvalue weighted by Crippen LogP contribution is 2.41. The number of nitrogens with one attached hydrogen (secondary N) is 1. The zero-order valence-electron chi connectivity index (χ0n) is 26.6. The third kappa shape index (κ3) is 8.21. The number of benzene rings is 4. The number of esters is 1. The van der Waals surface area contributed by atoms with Crippen LogP contribution in [-0.4, -0.2) is 39.9 Å². The minimum atomic E-state index is -0.943. The van der Waals surface area contributed by atoms with Gasteiger partial charge in [0.1, 0.15) is 5.69 Å². The maximum atomic E-state index is 12.6. The fourth-order valence-corrected chi connectivity index (χ4v) is 6.28. The Balaban J connectivity index is 1.23. The van der Waals surface area contributed by atoms with Crippen molar-refractivity contribution in [3.8, 4) is 22.6 Å². The first-order valence-electron chi connectivity index (χ1n) is 15.7. The smallest absolute Gasteiger partial charge is 0.303 e. The molecule has 1 amide bonds. The molecule has 48 heavy (non-hydrogen) atoms. The van der Waals surface area contributed by atoms with Gasteiger partial charge in [0.2, 0.25) is 0 Å². The van der Waals surface area contributed by atoms with Gasteiger partial charge in [0, 0.05) is 41.5 Å². The topological polar surface area (TPSA) is 120 Å². The summed E-state index contributed by atoms with van der Waals surface area (Å²) in [5.41, 5.74) is 5.70. The van der Waals surface area contributed by atoms with Crippen molar-refractivity contribution in [3.63, 3.8) is 0 Å². The Bertz CT molecular complexity index is 1770. The molecule has 0 bridgehead atoms. The van der Waals surface area contributed by atoms with Crippen molar-refractivity contribution in [2.75, 3.05) is 11.1 Å². The molecule has 1 aliphatic rings. The van der Waals surface area contributed by atoms with Crippen LogP contribution >= 0.6 is 11.8 Å². The van der Waals surface area contributed by atoms with Crippen molar-refractivity contribution in [3.05, 3.63) is 126 Å². The number of rotatable bonds is 11. The number of thioether (sulfide) groups is 1. The molecule has 1 saturated heterocycles. The van der Waals surface area contributed by atoms with Gasteiger partial charge in [0.25, 0.3) is 11.1 Å². The molecule has 246 valence electrons. The van der Waals surface area contributed by atoms with E-state index in [2.05, 4.69) is 5.32 Å². The summed E-state index contributed by atoms with van der Waals surface area (Å²) in [5, 5.41) is 12.9. The average molecular weight is 665 g/mol. The molecule has 0 saturated carbocycles.